The molecule has 0 saturated carbocycles. The summed E-state index contributed by atoms with van der Waals surface area (Å²) in [6.07, 6.45) is 0. The van der Waals surface area contributed by atoms with Crippen LogP contribution in [0.2, 0.25) is 0 Å². The quantitative estimate of drug-likeness (QED) is 0.168. The zero-order valence-corrected chi connectivity index (χ0v) is 29.8. The van der Waals surface area contributed by atoms with Crippen molar-refractivity contribution in [3.8, 4) is 50.7 Å². The zero-order valence-electron chi connectivity index (χ0n) is 29.8. The molecule has 0 spiro atoms. The van der Waals surface area contributed by atoms with Gasteiger partial charge in [0.25, 0.3) is 0 Å². The molecule has 3 aromatic heterocycles. The first-order valence-electron chi connectivity index (χ1n) is 18.6. The normalized spacial score (nSPS) is 11.6. The fraction of sp³-hybridized carbons (Fsp3) is 0. The maximum atomic E-state index is 5.37. The minimum atomic E-state index is 0.680. The summed E-state index contributed by atoms with van der Waals surface area (Å²) in [5.74, 6) is 0.680. The van der Waals surface area contributed by atoms with Gasteiger partial charge in [-0.15, -0.1) is 0 Å². The van der Waals surface area contributed by atoms with E-state index in [2.05, 4.69) is 187 Å². The van der Waals surface area contributed by atoms with Crippen molar-refractivity contribution in [1.82, 2.24) is 19.5 Å². The Morgan fingerprint density at radius 3 is 1.67 bits per heavy atom. The average Bonchev–Trinajstić information content (AvgIpc) is 3.59. The Morgan fingerprint density at radius 2 is 0.873 bits per heavy atom. The highest BCUT2D eigenvalue weighted by molar-refractivity contribution is 6.20. The first-order chi connectivity index (χ1) is 27.3. The maximum Gasteiger partial charge on any atom is 0.160 e. The first kappa shape index (κ1) is 31.1. The Morgan fingerprint density at radius 1 is 0.291 bits per heavy atom. The largest absolute Gasteiger partial charge is 0.309 e. The number of nitrogens with zero attached hydrogens (tertiary/aromatic N) is 4. The van der Waals surface area contributed by atoms with Crippen LogP contribution in [0, 0.1) is 0 Å². The number of hydrogen-bond acceptors (Lipinski definition) is 3. The summed E-state index contributed by atoms with van der Waals surface area (Å²) < 4.78 is 2.37. The molecular weight excluding hydrogens is 669 g/mol. The van der Waals surface area contributed by atoms with Crippen LogP contribution >= 0.6 is 0 Å². The number of rotatable bonds is 5. The van der Waals surface area contributed by atoms with Gasteiger partial charge in [0, 0.05) is 49.3 Å². The van der Waals surface area contributed by atoms with Gasteiger partial charge in [-0.25, -0.2) is 15.0 Å². The lowest BCUT2D eigenvalue weighted by molar-refractivity contribution is 1.18. The second kappa shape index (κ2) is 12.6. The summed E-state index contributed by atoms with van der Waals surface area (Å²) in [5.41, 5.74) is 12.5. The van der Waals surface area contributed by atoms with Crippen molar-refractivity contribution < 1.29 is 0 Å². The summed E-state index contributed by atoms with van der Waals surface area (Å²) in [5, 5.41) is 6.88. The molecule has 0 amide bonds. The highest BCUT2D eigenvalue weighted by Gasteiger charge is 2.19. The second-order valence-electron chi connectivity index (χ2n) is 14.0. The lowest BCUT2D eigenvalue weighted by Crippen LogP contribution is -1.96. The Labute approximate surface area is 317 Å². The molecular formula is C51H32N4. The Bertz CT molecular complexity index is 3240. The molecule has 0 aliphatic rings. The van der Waals surface area contributed by atoms with Gasteiger partial charge in [0.15, 0.2) is 5.82 Å². The molecule has 0 atom stereocenters. The van der Waals surface area contributed by atoms with Gasteiger partial charge in [-0.2, -0.15) is 0 Å². The van der Waals surface area contributed by atoms with Crippen LogP contribution < -0.4 is 0 Å². The van der Waals surface area contributed by atoms with E-state index in [-0.39, 0.29) is 0 Å². The lowest BCUT2D eigenvalue weighted by atomic mass is 9.97. The average molecular weight is 701 g/mol. The van der Waals surface area contributed by atoms with Crippen LogP contribution in [-0.2, 0) is 0 Å². The van der Waals surface area contributed by atoms with Gasteiger partial charge in [0.1, 0.15) is 0 Å². The number of hydrogen-bond donors (Lipinski definition) is 0. The molecule has 8 aromatic carbocycles. The van der Waals surface area contributed by atoms with Crippen molar-refractivity contribution in [3.05, 3.63) is 194 Å². The topological polar surface area (TPSA) is 43.6 Å². The Balaban J connectivity index is 1.11. The first-order valence-corrected chi connectivity index (χ1v) is 18.6. The molecule has 0 aliphatic carbocycles. The van der Waals surface area contributed by atoms with Crippen molar-refractivity contribution >= 4 is 54.4 Å². The van der Waals surface area contributed by atoms with E-state index < -0.39 is 0 Å². The molecule has 11 rings (SSSR count). The van der Waals surface area contributed by atoms with Crippen LogP contribution in [0.1, 0.15) is 0 Å². The van der Waals surface area contributed by atoms with Crippen LogP contribution in [0.15, 0.2) is 194 Å². The number of para-hydroxylation sites is 4. The second-order valence-corrected chi connectivity index (χ2v) is 14.0. The molecule has 256 valence electrons. The third-order valence-electron chi connectivity index (χ3n) is 10.8. The van der Waals surface area contributed by atoms with E-state index in [1.54, 1.807) is 0 Å². The van der Waals surface area contributed by atoms with Gasteiger partial charge in [0.05, 0.1) is 33.5 Å². The molecule has 0 N–H and O–H groups in total. The van der Waals surface area contributed by atoms with Crippen LogP contribution in [0.25, 0.3) is 105 Å². The molecule has 0 fully saturated rings. The third kappa shape index (κ3) is 5.19. The van der Waals surface area contributed by atoms with E-state index in [0.717, 1.165) is 66.5 Å². The minimum Gasteiger partial charge on any atom is -0.309 e. The molecule has 0 saturated heterocycles. The molecule has 3 heterocycles. The van der Waals surface area contributed by atoms with E-state index in [1.165, 1.54) is 32.8 Å². The van der Waals surface area contributed by atoms with Gasteiger partial charge >= 0.3 is 0 Å². The van der Waals surface area contributed by atoms with E-state index in [1.807, 2.05) is 12.1 Å². The third-order valence-corrected chi connectivity index (χ3v) is 10.8. The van der Waals surface area contributed by atoms with Crippen LogP contribution in [0.5, 0.6) is 0 Å². The Kier molecular flexibility index (Phi) is 7.14. The van der Waals surface area contributed by atoms with Gasteiger partial charge < -0.3 is 4.57 Å². The molecule has 0 radical (unpaired) electrons. The summed E-state index contributed by atoms with van der Waals surface area (Å²) >= 11 is 0. The van der Waals surface area contributed by atoms with Crippen molar-refractivity contribution in [1.29, 1.82) is 0 Å². The smallest absolute Gasteiger partial charge is 0.160 e. The molecule has 4 nitrogen and oxygen atoms in total. The SMILES string of the molecule is c1ccc(-c2ccc(-c3nc(-c4cccc(-c5nc6ccccc6c6cc7c8ccccc8n(-c8ccccc8)c7cc56)c4)nc4ccccc34)cc2)cc1. The molecule has 4 heteroatoms. The predicted octanol–water partition coefficient (Wildman–Crippen LogP) is 13.1. The van der Waals surface area contributed by atoms with Crippen molar-refractivity contribution in [3.63, 3.8) is 0 Å². The summed E-state index contributed by atoms with van der Waals surface area (Å²) in [6.45, 7) is 0. The molecule has 55 heavy (non-hydrogen) atoms. The van der Waals surface area contributed by atoms with Crippen LogP contribution in [-0.4, -0.2) is 19.5 Å². The molecule has 0 bridgehead atoms. The predicted molar refractivity (Wildman–Crippen MR) is 228 cm³/mol. The van der Waals surface area contributed by atoms with Crippen molar-refractivity contribution in [2.75, 3.05) is 0 Å². The molecule has 0 aliphatic heterocycles. The summed E-state index contributed by atoms with van der Waals surface area (Å²) in [4.78, 5) is 15.8. The maximum absolute atomic E-state index is 5.37. The summed E-state index contributed by atoms with van der Waals surface area (Å²) in [7, 11) is 0. The van der Waals surface area contributed by atoms with E-state index in [4.69, 9.17) is 15.0 Å². The monoisotopic (exact) mass is 700 g/mol. The molecule has 11 aromatic rings. The van der Waals surface area contributed by atoms with Gasteiger partial charge in [-0.1, -0.05) is 146 Å². The number of fused-ring (bicyclic) bond motifs is 7. The minimum absolute atomic E-state index is 0.680. The number of aromatic nitrogens is 4. The highest BCUT2D eigenvalue weighted by Crippen LogP contribution is 2.40. The van der Waals surface area contributed by atoms with Crippen molar-refractivity contribution in [2.45, 2.75) is 0 Å². The van der Waals surface area contributed by atoms with Crippen LogP contribution in [0.4, 0.5) is 0 Å². The fourth-order valence-corrected chi connectivity index (χ4v) is 8.17. The number of benzene rings is 8. The number of pyridine rings is 1. The molecule has 0 unspecified atom stereocenters. The van der Waals surface area contributed by atoms with Gasteiger partial charge in [-0.3, -0.25) is 0 Å². The van der Waals surface area contributed by atoms with E-state index in [9.17, 15) is 0 Å². The highest BCUT2D eigenvalue weighted by atomic mass is 15.0. The van der Waals surface area contributed by atoms with Gasteiger partial charge in [0.2, 0.25) is 0 Å². The van der Waals surface area contributed by atoms with E-state index >= 15 is 0 Å². The lowest BCUT2D eigenvalue weighted by Gasteiger charge is -2.14. The fourth-order valence-electron chi connectivity index (χ4n) is 8.17. The zero-order chi connectivity index (χ0) is 36.3. The Hall–Kier alpha value is -7.43. The van der Waals surface area contributed by atoms with E-state index in [0.29, 0.717) is 5.82 Å². The summed E-state index contributed by atoms with van der Waals surface area (Å²) in [6, 6.07) is 68.4. The standard InChI is InChI=1S/C51H32N4/c1-3-14-33(15-4-1)34-26-28-35(29-27-34)49-41-22-8-11-24-46(41)53-51(54-49)37-17-13-16-36(30-37)50-44-32-48-43(31-42(44)39-20-7-10-23-45(39)52-50)40-21-9-12-25-47(40)55(48)38-18-5-2-6-19-38/h1-32H. The van der Waals surface area contributed by atoms with Crippen LogP contribution in [0.3, 0.4) is 0 Å². The van der Waals surface area contributed by atoms with Crippen molar-refractivity contribution in [2.24, 2.45) is 0 Å². The van der Waals surface area contributed by atoms with Gasteiger partial charge in [-0.05, 0) is 65.0 Å².